The topological polar surface area (TPSA) is 66.8 Å². The number of para-hydroxylation sites is 1. The maximum atomic E-state index is 4.66. The van der Waals surface area contributed by atoms with E-state index in [1.165, 1.54) is 0 Å². The molecule has 0 bridgehead atoms. The number of anilines is 2. The monoisotopic (exact) mass is 322 g/mol. The van der Waals surface area contributed by atoms with Crippen LogP contribution in [0.25, 0.3) is 10.9 Å². The lowest BCUT2D eigenvalue weighted by atomic mass is 9.89. The maximum absolute atomic E-state index is 4.66. The Morgan fingerprint density at radius 1 is 1.08 bits per heavy atom. The number of fused-ring (bicyclic) bond motifs is 1. The van der Waals surface area contributed by atoms with Crippen LogP contribution >= 0.6 is 0 Å². The summed E-state index contributed by atoms with van der Waals surface area (Å²) in [6.07, 6.45) is 5.22. The van der Waals surface area contributed by atoms with Crippen LogP contribution in [-0.2, 0) is 5.41 Å². The van der Waals surface area contributed by atoms with Gasteiger partial charge in [-0.2, -0.15) is 4.98 Å². The van der Waals surface area contributed by atoms with Crippen LogP contribution in [0.15, 0.2) is 42.9 Å². The summed E-state index contributed by atoms with van der Waals surface area (Å²) in [5, 5.41) is 4.49. The Balaban J connectivity index is 1.92. The van der Waals surface area contributed by atoms with Gasteiger partial charge in [0.15, 0.2) is 0 Å². The van der Waals surface area contributed by atoms with E-state index in [9.17, 15) is 0 Å². The van der Waals surface area contributed by atoms with E-state index in [-0.39, 0.29) is 5.41 Å². The molecule has 6 heteroatoms. The van der Waals surface area contributed by atoms with E-state index in [0.29, 0.717) is 12.5 Å². The Morgan fingerprint density at radius 2 is 1.88 bits per heavy atom. The Labute approximate surface area is 142 Å². The van der Waals surface area contributed by atoms with Crippen molar-refractivity contribution in [2.75, 3.05) is 30.9 Å². The maximum Gasteiger partial charge on any atom is 0.227 e. The summed E-state index contributed by atoms with van der Waals surface area (Å²) >= 11 is 0. The van der Waals surface area contributed by atoms with E-state index in [2.05, 4.69) is 39.1 Å². The molecule has 124 valence electrons. The number of nitrogens with one attached hydrogen (secondary N) is 1. The molecule has 3 rings (SSSR count). The van der Waals surface area contributed by atoms with Crippen molar-refractivity contribution in [3.05, 3.63) is 48.5 Å². The molecule has 0 aliphatic rings. The number of aromatic nitrogens is 4. The Kier molecular flexibility index (Phi) is 4.29. The number of nitrogens with zero attached hydrogens (tertiary/aromatic N) is 5. The molecule has 0 fully saturated rings. The number of hydrogen-bond acceptors (Lipinski definition) is 6. The molecule has 0 atom stereocenters. The molecule has 0 saturated carbocycles. The van der Waals surface area contributed by atoms with Crippen LogP contribution in [0.2, 0.25) is 0 Å². The first kappa shape index (κ1) is 16.1. The van der Waals surface area contributed by atoms with Gasteiger partial charge in [-0.1, -0.05) is 26.0 Å². The van der Waals surface area contributed by atoms with Crippen molar-refractivity contribution in [1.82, 2.24) is 19.9 Å². The van der Waals surface area contributed by atoms with E-state index in [0.717, 1.165) is 22.4 Å². The minimum Gasteiger partial charge on any atom is -0.368 e. The van der Waals surface area contributed by atoms with Gasteiger partial charge in [0, 0.05) is 50.0 Å². The highest BCUT2D eigenvalue weighted by Gasteiger charge is 2.23. The summed E-state index contributed by atoms with van der Waals surface area (Å²) in [4.78, 5) is 19.8. The lowest BCUT2D eigenvalue weighted by molar-refractivity contribution is 0.535. The predicted octanol–water partition coefficient (Wildman–Crippen LogP) is 2.88. The Bertz CT molecular complexity index is 829. The minimum absolute atomic E-state index is 0.168. The van der Waals surface area contributed by atoms with Crippen LogP contribution in [0.3, 0.4) is 0 Å². The SMILES string of the molecule is CN(C)c1nc(NCC(C)(C)c2cnccn2)c2ccccc2n1. The molecule has 2 aromatic heterocycles. The first-order valence-corrected chi connectivity index (χ1v) is 7.92. The largest absolute Gasteiger partial charge is 0.368 e. The van der Waals surface area contributed by atoms with Gasteiger partial charge in [-0.15, -0.1) is 0 Å². The molecule has 1 N–H and O–H groups in total. The lowest BCUT2D eigenvalue weighted by Gasteiger charge is -2.25. The minimum atomic E-state index is -0.168. The van der Waals surface area contributed by atoms with Gasteiger partial charge in [0.25, 0.3) is 0 Å². The quantitative estimate of drug-likeness (QED) is 0.779. The molecule has 2 heterocycles. The van der Waals surface area contributed by atoms with Crippen LogP contribution in [-0.4, -0.2) is 40.6 Å². The number of rotatable bonds is 5. The van der Waals surface area contributed by atoms with Crippen molar-refractivity contribution in [3.8, 4) is 0 Å². The molecular weight excluding hydrogens is 300 g/mol. The zero-order valence-electron chi connectivity index (χ0n) is 14.5. The molecular formula is C18H22N6. The molecule has 6 nitrogen and oxygen atoms in total. The lowest BCUT2D eigenvalue weighted by Crippen LogP contribution is -2.29. The molecule has 0 aliphatic carbocycles. The summed E-state index contributed by atoms with van der Waals surface area (Å²) in [6, 6.07) is 8.03. The zero-order valence-corrected chi connectivity index (χ0v) is 14.5. The van der Waals surface area contributed by atoms with Crippen molar-refractivity contribution < 1.29 is 0 Å². The van der Waals surface area contributed by atoms with Crippen molar-refractivity contribution >= 4 is 22.7 Å². The van der Waals surface area contributed by atoms with Crippen molar-refractivity contribution in [2.45, 2.75) is 19.3 Å². The molecule has 0 spiro atoms. The van der Waals surface area contributed by atoms with Crippen LogP contribution in [0.1, 0.15) is 19.5 Å². The second-order valence-electron chi connectivity index (χ2n) is 6.61. The molecule has 0 unspecified atom stereocenters. The molecule has 0 saturated heterocycles. The third-order valence-electron chi connectivity index (χ3n) is 3.95. The second-order valence-corrected chi connectivity index (χ2v) is 6.61. The van der Waals surface area contributed by atoms with Gasteiger partial charge in [0.2, 0.25) is 5.95 Å². The van der Waals surface area contributed by atoms with Crippen LogP contribution in [0.5, 0.6) is 0 Å². The van der Waals surface area contributed by atoms with E-state index in [1.807, 2.05) is 49.5 Å². The summed E-state index contributed by atoms with van der Waals surface area (Å²) in [5.74, 6) is 1.52. The van der Waals surface area contributed by atoms with Crippen molar-refractivity contribution in [2.24, 2.45) is 0 Å². The molecule has 0 aliphatic heterocycles. The highest BCUT2D eigenvalue weighted by atomic mass is 15.2. The van der Waals surface area contributed by atoms with Gasteiger partial charge in [-0.3, -0.25) is 9.97 Å². The Morgan fingerprint density at radius 3 is 2.58 bits per heavy atom. The standard InChI is InChI=1S/C18H22N6/c1-18(2,15-11-19-9-10-20-15)12-21-16-13-7-5-6-8-14(13)22-17(23-16)24(3)4/h5-11H,12H2,1-4H3,(H,21,22,23). The van der Waals surface area contributed by atoms with Gasteiger partial charge in [0.1, 0.15) is 5.82 Å². The zero-order chi connectivity index (χ0) is 17.2. The second kappa shape index (κ2) is 6.39. The van der Waals surface area contributed by atoms with Gasteiger partial charge >= 0.3 is 0 Å². The van der Waals surface area contributed by atoms with Gasteiger partial charge < -0.3 is 10.2 Å². The van der Waals surface area contributed by atoms with E-state index >= 15 is 0 Å². The molecule has 1 aromatic carbocycles. The van der Waals surface area contributed by atoms with Crippen molar-refractivity contribution in [1.29, 1.82) is 0 Å². The van der Waals surface area contributed by atoms with E-state index < -0.39 is 0 Å². The van der Waals surface area contributed by atoms with Crippen LogP contribution in [0, 0.1) is 0 Å². The molecule has 24 heavy (non-hydrogen) atoms. The molecule has 0 amide bonds. The highest BCUT2D eigenvalue weighted by Crippen LogP contribution is 2.25. The first-order valence-electron chi connectivity index (χ1n) is 7.92. The summed E-state index contributed by atoms with van der Waals surface area (Å²) in [6.45, 7) is 4.97. The summed E-state index contributed by atoms with van der Waals surface area (Å²) < 4.78 is 0. The van der Waals surface area contributed by atoms with Crippen molar-refractivity contribution in [3.63, 3.8) is 0 Å². The third-order valence-corrected chi connectivity index (χ3v) is 3.95. The highest BCUT2D eigenvalue weighted by molar-refractivity contribution is 5.90. The smallest absolute Gasteiger partial charge is 0.227 e. The average molecular weight is 322 g/mol. The van der Waals surface area contributed by atoms with E-state index in [4.69, 9.17) is 0 Å². The Hall–Kier alpha value is -2.76. The van der Waals surface area contributed by atoms with Crippen LogP contribution < -0.4 is 10.2 Å². The molecule has 3 aromatic rings. The number of hydrogen-bond donors (Lipinski definition) is 1. The third kappa shape index (κ3) is 3.27. The summed E-state index contributed by atoms with van der Waals surface area (Å²) in [5.41, 5.74) is 1.71. The van der Waals surface area contributed by atoms with Gasteiger partial charge in [-0.25, -0.2) is 4.98 Å². The predicted molar refractivity (Wildman–Crippen MR) is 97.4 cm³/mol. The fourth-order valence-corrected chi connectivity index (χ4v) is 2.44. The van der Waals surface area contributed by atoms with Crippen LogP contribution in [0.4, 0.5) is 11.8 Å². The average Bonchev–Trinajstić information content (AvgIpc) is 2.60. The first-order chi connectivity index (χ1) is 11.5. The summed E-state index contributed by atoms with van der Waals surface area (Å²) in [7, 11) is 3.88. The van der Waals surface area contributed by atoms with Gasteiger partial charge in [0.05, 0.1) is 11.2 Å². The number of benzene rings is 1. The molecule has 0 radical (unpaired) electrons. The van der Waals surface area contributed by atoms with E-state index in [1.54, 1.807) is 12.4 Å². The van der Waals surface area contributed by atoms with Gasteiger partial charge in [-0.05, 0) is 12.1 Å². The normalized spacial score (nSPS) is 11.5. The fraction of sp³-hybridized carbons (Fsp3) is 0.333. The fourth-order valence-electron chi connectivity index (χ4n) is 2.44.